The molecule has 1 aromatic rings. The minimum absolute atomic E-state index is 0. The van der Waals surface area contributed by atoms with E-state index >= 15 is 0 Å². The Bertz CT molecular complexity index is 631. The summed E-state index contributed by atoms with van der Waals surface area (Å²) in [4.78, 5) is 12.0. The highest BCUT2D eigenvalue weighted by atomic mass is 35.5. The fourth-order valence-electron chi connectivity index (χ4n) is 2.17. The second-order valence-electron chi connectivity index (χ2n) is 5.00. The predicted octanol–water partition coefficient (Wildman–Crippen LogP) is 1.10. The number of hydrogen-bond acceptors (Lipinski definition) is 5. The fraction of sp³-hybridized carbons (Fsp3) is 0.462. The quantitative estimate of drug-likeness (QED) is 0.741. The van der Waals surface area contributed by atoms with Crippen LogP contribution in [0.25, 0.3) is 0 Å². The van der Waals surface area contributed by atoms with Crippen molar-refractivity contribution in [2.45, 2.75) is 24.3 Å². The first-order valence-corrected chi connectivity index (χ1v) is 9.31. The van der Waals surface area contributed by atoms with Crippen LogP contribution >= 0.6 is 24.2 Å². The van der Waals surface area contributed by atoms with E-state index in [1.165, 1.54) is 6.07 Å². The van der Waals surface area contributed by atoms with E-state index in [1.807, 2.05) is 11.8 Å². The van der Waals surface area contributed by atoms with Gasteiger partial charge in [0.2, 0.25) is 15.9 Å². The predicted molar refractivity (Wildman–Crippen MR) is 92.2 cm³/mol. The number of anilines is 1. The smallest absolute Gasteiger partial charge is 0.238 e. The Morgan fingerprint density at radius 1 is 1.50 bits per heavy atom. The highest BCUT2D eigenvalue weighted by molar-refractivity contribution is 7.99. The molecule has 1 aliphatic heterocycles. The molecule has 0 bridgehead atoms. The number of thioether (sulfide) groups is 1. The average Bonchev–Trinajstić information content (AvgIpc) is 2.41. The van der Waals surface area contributed by atoms with Crippen molar-refractivity contribution in [1.82, 2.24) is 5.32 Å². The maximum Gasteiger partial charge on any atom is 0.238 e. The van der Waals surface area contributed by atoms with Crippen LogP contribution in [0.5, 0.6) is 0 Å². The molecule has 0 radical (unpaired) electrons. The largest absolute Gasteiger partial charge is 0.326 e. The third-order valence-corrected chi connectivity index (χ3v) is 5.39. The Kier molecular flexibility index (Phi) is 7.14. The summed E-state index contributed by atoms with van der Waals surface area (Å²) in [5.74, 6) is 1.83. The maximum atomic E-state index is 12.0. The maximum absolute atomic E-state index is 12.0. The molecule has 4 N–H and O–H groups in total. The van der Waals surface area contributed by atoms with Gasteiger partial charge in [0.15, 0.2) is 0 Å². The van der Waals surface area contributed by atoms with Crippen LogP contribution in [0.4, 0.5) is 5.69 Å². The van der Waals surface area contributed by atoms with Gasteiger partial charge in [-0.2, -0.15) is 11.8 Å². The van der Waals surface area contributed by atoms with Gasteiger partial charge in [0.1, 0.15) is 0 Å². The van der Waals surface area contributed by atoms with Crippen LogP contribution in [0.3, 0.4) is 0 Å². The third kappa shape index (κ3) is 5.44. The van der Waals surface area contributed by atoms with Crippen LogP contribution in [0.1, 0.15) is 12.0 Å². The lowest BCUT2D eigenvalue weighted by molar-refractivity contribution is -0.116. The van der Waals surface area contributed by atoms with Crippen molar-refractivity contribution >= 4 is 45.8 Å². The minimum atomic E-state index is -3.79. The van der Waals surface area contributed by atoms with Gasteiger partial charge in [0.05, 0.1) is 4.90 Å². The summed E-state index contributed by atoms with van der Waals surface area (Å²) in [5.41, 5.74) is 0.999. The molecule has 0 aliphatic carbocycles. The Morgan fingerprint density at radius 3 is 2.82 bits per heavy atom. The molecule has 1 saturated heterocycles. The molecule has 2 rings (SSSR count). The van der Waals surface area contributed by atoms with Gasteiger partial charge >= 0.3 is 0 Å². The summed E-state index contributed by atoms with van der Waals surface area (Å²) in [6.45, 7) is 2.57. The molecule has 22 heavy (non-hydrogen) atoms. The molecular formula is C13H20ClN3O3S2. The number of amides is 1. The number of aryl methyl sites for hydroxylation is 1. The monoisotopic (exact) mass is 365 g/mol. The minimum Gasteiger partial charge on any atom is -0.326 e. The van der Waals surface area contributed by atoms with E-state index in [0.29, 0.717) is 17.7 Å². The molecular weight excluding hydrogens is 346 g/mol. The van der Waals surface area contributed by atoms with Gasteiger partial charge in [0, 0.05) is 36.2 Å². The van der Waals surface area contributed by atoms with Gasteiger partial charge in [-0.3, -0.25) is 4.79 Å². The van der Waals surface area contributed by atoms with E-state index in [-0.39, 0.29) is 29.3 Å². The molecule has 1 unspecified atom stereocenters. The van der Waals surface area contributed by atoms with Gasteiger partial charge < -0.3 is 10.6 Å². The number of nitrogens with one attached hydrogen (secondary N) is 2. The Hall–Kier alpha value is -0.800. The lowest BCUT2D eigenvalue weighted by Gasteiger charge is -2.22. The van der Waals surface area contributed by atoms with Crippen LogP contribution < -0.4 is 15.8 Å². The lowest BCUT2D eigenvalue weighted by Crippen LogP contribution is -2.39. The normalized spacial score (nSPS) is 18.4. The molecule has 124 valence electrons. The molecule has 6 nitrogen and oxygen atoms in total. The number of sulfonamides is 1. The Morgan fingerprint density at radius 2 is 2.23 bits per heavy atom. The molecule has 1 fully saturated rings. The van der Waals surface area contributed by atoms with Crippen LogP contribution in [0.2, 0.25) is 0 Å². The van der Waals surface area contributed by atoms with E-state index in [2.05, 4.69) is 10.6 Å². The molecule has 0 spiro atoms. The van der Waals surface area contributed by atoms with Crippen LogP contribution in [-0.4, -0.2) is 38.4 Å². The molecule has 1 aliphatic rings. The first-order chi connectivity index (χ1) is 9.86. The molecule has 0 saturated carbocycles. The molecule has 1 heterocycles. The Balaban J connectivity index is 0.00000242. The van der Waals surface area contributed by atoms with E-state index < -0.39 is 10.0 Å². The summed E-state index contributed by atoms with van der Waals surface area (Å²) in [5, 5.41) is 11.2. The molecule has 1 atom stereocenters. The second kappa shape index (κ2) is 8.16. The van der Waals surface area contributed by atoms with Gasteiger partial charge in [0.25, 0.3) is 0 Å². The number of carbonyl (C=O) groups excluding carboxylic acids is 1. The SMILES string of the molecule is Cc1ccc(NC(=O)CC2CSCCN2)cc1S(N)(=O)=O.Cl. The standard InChI is InChI=1S/C13H19N3O3S2.ClH/c1-9-2-3-10(6-12(9)21(14,18)19)16-13(17)7-11-8-20-5-4-15-11;/h2-3,6,11,15H,4-5,7-8H2,1H3,(H,16,17)(H2,14,18,19);1H. The number of halogens is 1. The number of carbonyl (C=O) groups is 1. The third-order valence-electron chi connectivity index (χ3n) is 3.21. The van der Waals surface area contributed by atoms with E-state index in [4.69, 9.17) is 5.14 Å². The average molecular weight is 366 g/mol. The van der Waals surface area contributed by atoms with Crippen molar-refractivity contribution < 1.29 is 13.2 Å². The summed E-state index contributed by atoms with van der Waals surface area (Å²) >= 11 is 1.82. The van der Waals surface area contributed by atoms with Crippen LogP contribution in [0.15, 0.2) is 23.1 Å². The fourth-order valence-corrected chi connectivity index (χ4v) is 3.93. The number of hydrogen-bond donors (Lipinski definition) is 3. The number of primary sulfonamides is 1. The molecule has 0 aromatic heterocycles. The van der Waals surface area contributed by atoms with Crippen molar-refractivity contribution in [3.05, 3.63) is 23.8 Å². The number of nitrogens with two attached hydrogens (primary N) is 1. The highest BCUT2D eigenvalue weighted by Crippen LogP contribution is 2.19. The second-order valence-corrected chi connectivity index (χ2v) is 7.68. The van der Waals surface area contributed by atoms with E-state index in [9.17, 15) is 13.2 Å². The number of benzene rings is 1. The van der Waals surface area contributed by atoms with Gasteiger partial charge in [-0.25, -0.2) is 13.6 Å². The summed E-state index contributed by atoms with van der Waals surface area (Å²) < 4.78 is 22.9. The summed E-state index contributed by atoms with van der Waals surface area (Å²) in [6.07, 6.45) is 0.367. The van der Waals surface area contributed by atoms with Gasteiger partial charge in [-0.15, -0.1) is 12.4 Å². The van der Waals surface area contributed by atoms with Crippen molar-refractivity contribution in [2.24, 2.45) is 5.14 Å². The zero-order valence-corrected chi connectivity index (χ0v) is 14.6. The van der Waals surface area contributed by atoms with Gasteiger partial charge in [-0.1, -0.05) is 6.07 Å². The molecule has 1 amide bonds. The first kappa shape index (κ1) is 19.2. The van der Waals surface area contributed by atoms with E-state index in [1.54, 1.807) is 19.1 Å². The zero-order chi connectivity index (χ0) is 15.5. The van der Waals surface area contributed by atoms with Crippen molar-refractivity contribution in [3.63, 3.8) is 0 Å². The highest BCUT2D eigenvalue weighted by Gasteiger charge is 2.18. The topological polar surface area (TPSA) is 101 Å². The summed E-state index contributed by atoms with van der Waals surface area (Å²) in [7, 11) is -3.79. The van der Waals surface area contributed by atoms with Crippen molar-refractivity contribution in [1.29, 1.82) is 0 Å². The zero-order valence-electron chi connectivity index (χ0n) is 12.2. The molecule has 9 heteroatoms. The first-order valence-electron chi connectivity index (χ1n) is 6.60. The van der Waals surface area contributed by atoms with Crippen molar-refractivity contribution in [3.8, 4) is 0 Å². The van der Waals surface area contributed by atoms with Crippen LogP contribution in [-0.2, 0) is 14.8 Å². The van der Waals surface area contributed by atoms with Crippen molar-refractivity contribution in [2.75, 3.05) is 23.4 Å². The number of rotatable bonds is 4. The lowest BCUT2D eigenvalue weighted by atomic mass is 10.2. The van der Waals surface area contributed by atoms with Crippen LogP contribution in [0, 0.1) is 6.92 Å². The van der Waals surface area contributed by atoms with Gasteiger partial charge in [-0.05, 0) is 24.6 Å². The Labute approximate surface area is 141 Å². The molecule has 1 aromatic carbocycles. The summed E-state index contributed by atoms with van der Waals surface area (Å²) in [6, 6.07) is 4.85. The van der Waals surface area contributed by atoms with E-state index in [0.717, 1.165) is 18.1 Å².